The van der Waals surface area contributed by atoms with Gasteiger partial charge in [-0.1, -0.05) is 47.5 Å². The molecule has 0 aromatic heterocycles. The Morgan fingerprint density at radius 3 is 2.74 bits per heavy atom. The molecule has 0 heterocycles. The van der Waals surface area contributed by atoms with Crippen LogP contribution in [0.5, 0.6) is 0 Å². The maximum Gasteiger partial charge on any atom is 0.340 e. The third-order valence-corrected chi connectivity index (χ3v) is 5.27. The number of fused-ring (bicyclic) bond motifs is 1. The van der Waals surface area contributed by atoms with Gasteiger partial charge in [0.25, 0.3) is 0 Å². The Morgan fingerprint density at radius 1 is 1.26 bits per heavy atom. The molecule has 2 aromatic carbocycles. The molecule has 1 N–H and O–H groups in total. The van der Waals surface area contributed by atoms with Gasteiger partial charge >= 0.3 is 5.97 Å². The first-order chi connectivity index (χ1) is 12.9. The van der Waals surface area contributed by atoms with E-state index in [-0.39, 0.29) is 39.8 Å². The number of benzene rings is 2. The molecule has 0 bridgehead atoms. The van der Waals surface area contributed by atoms with Crippen molar-refractivity contribution < 1.29 is 14.3 Å². The molecule has 7 heteroatoms. The van der Waals surface area contributed by atoms with Crippen molar-refractivity contribution in [1.29, 1.82) is 0 Å². The summed E-state index contributed by atoms with van der Waals surface area (Å²) < 4.78 is 4.75. The lowest BCUT2D eigenvalue weighted by molar-refractivity contribution is -0.117. The topological polar surface area (TPSA) is 58.6 Å². The molecule has 0 fully saturated rings. The molecular weight excluding hydrogens is 387 g/mol. The molecule has 0 aliphatic heterocycles. The molecule has 0 unspecified atom stereocenters. The number of likely N-dealkylation sites (N-methyl/N-ethyl adjacent to an activating group) is 1. The van der Waals surface area contributed by atoms with Crippen LogP contribution in [0.4, 0.5) is 5.69 Å². The van der Waals surface area contributed by atoms with Crippen LogP contribution in [0.25, 0.3) is 0 Å². The SMILES string of the molecule is COC(=O)c1cc(Cl)cc(Cl)c1NC(=O)CN(C)[C@@H]1CCc2ccccc21. The minimum atomic E-state index is -0.618. The highest BCUT2D eigenvalue weighted by molar-refractivity contribution is 6.37. The number of amides is 1. The van der Waals surface area contributed by atoms with Gasteiger partial charge in [-0.15, -0.1) is 0 Å². The van der Waals surface area contributed by atoms with Gasteiger partial charge in [0.05, 0.1) is 29.9 Å². The van der Waals surface area contributed by atoms with Crippen molar-refractivity contribution >= 4 is 40.8 Å². The van der Waals surface area contributed by atoms with Crippen LogP contribution in [0.3, 0.4) is 0 Å². The van der Waals surface area contributed by atoms with E-state index >= 15 is 0 Å². The first-order valence-corrected chi connectivity index (χ1v) is 9.31. The van der Waals surface area contributed by atoms with Crippen molar-refractivity contribution in [3.8, 4) is 0 Å². The fourth-order valence-corrected chi connectivity index (χ4v) is 4.02. The van der Waals surface area contributed by atoms with E-state index < -0.39 is 5.97 Å². The number of esters is 1. The van der Waals surface area contributed by atoms with Gasteiger partial charge in [0, 0.05) is 11.1 Å². The van der Waals surface area contributed by atoms with Crippen LogP contribution >= 0.6 is 23.2 Å². The van der Waals surface area contributed by atoms with Gasteiger partial charge in [0.1, 0.15) is 0 Å². The highest BCUT2D eigenvalue weighted by Crippen LogP contribution is 2.35. The molecule has 0 spiro atoms. The zero-order valence-corrected chi connectivity index (χ0v) is 16.6. The molecule has 1 aliphatic rings. The van der Waals surface area contributed by atoms with Crippen LogP contribution in [0.2, 0.25) is 10.0 Å². The Bertz CT molecular complexity index is 886. The van der Waals surface area contributed by atoms with Crippen LogP contribution in [0.1, 0.15) is 33.9 Å². The van der Waals surface area contributed by atoms with Crippen molar-refractivity contribution in [2.24, 2.45) is 0 Å². The summed E-state index contributed by atoms with van der Waals surface area (Å²) in [6.45, 7) is 0.165. The number of methoxy groups -OCH3 is 1. The Kier molecular flexibility index (Phi) is 6.05. The molecule has 142 valence electrons. The van der Waals surface area contributed by atoms with Gasteiger partial charge in [0.15, 0.2) is 0 Å². The van der Waals surface area contributed by atoms with Gasteiger partial charge in [-0.3, -0.25) is 9.69 Å². The molecule has 1 aliphatic carbocycles. The Hall–Kier alpha value is -2.08. The molecule has 0 saturated heterocycles. The number of anilines is 1. The second-order valence-electron chi connectivity index (χ2n) is 6.52. The molecular formula is C20H20Cl2N2O3. The van der Waals surface area contributed by atoms with Crippen molar-refractivity contribution in [1.82, 2.24) is 4.90 Å². The Morgan fingerprint density at radius 2 is 2.00 bits per heavy atom. The first kappa shape index (κ1) is 19.7. The summed E-state index contributed by atoms with van der Waals surface area (Å²) in [4.78, 5) is 26.6. The second kappa shape index (κ2) is 8.30. The summed E-state index contributed by atoms with van der Waals surface area (Å²) >= 11 is 12.2. The number of aryl methyl sites for hydroxylation is 1. The molecule has 5 nitrogen and oxygen atoms in total. The van der Waals surface area contributed by atoms with E-state index in [2.05, 4.69) is 17.4 Å². The minimum Gasteiger partial charge on any atom is -0.465 e. The van der Waals surface area contributed by atoms with Crippen LogP contribution in [-0.4, -0.2) is 37.5 Å². The maximum atomic E-state index is 12.6. The zero-order chi connectivity index (χ0) is 19.6. The van der Waals surface area contributed by atoms with E-state index in [1.165, 1.54) is 30.4 Å². The summed E-state index contributed by atoms with van der Waals surface area (Å²) in [5.74, 6) is -0.885. The molecule has 3 rings (SSSR count). The Balaban J connectivity index is 1.74. The number of rotatable bonds is 5. The monoisotopic (exact) mass is 406 g/mol. The summed E-state index contributed by atoms with van der Waals surface area (Å²) in [6, 6.07) is 11.4. The van der Waals surface area contributed by atoms with Gasteiger partial charge in [-0.2, -0.15) is 0 Å². The lowest BCUT2D eigenvalue weighted by Crippen LogP contribution is -2.33. The number of carbonyl (C=O) groups excluding carboxylic acids is 2. The standard InChI is InChI=1S/C20H20Cl2N2O3/c1-24(17-8-7-12-5-3-4-6-14(12)17)11-18(25)23-19-15(20(26)27-2)9-13(21)10-16(19)22/h3-6,9-10,17H,7-8,11H2,1-2H3,(H,23,25)/t17-/m1/s1. The highest BCUT2D eigenvalue weighted by Gasteiger charge is 2.27. The van der Waals surface area contributed by atoms with Crippen molar-refractivity contribution in [3.05, 3.63) is 63.1 Å². The number of hydrogen-bond acceptors (Lipinski definition) is 4. The smallest absolute Gasteiger partial charge is 0.340 e. The van der Waals surface area contributed by atoms with Crippen molar-refractivity contribution in [2.75, 3.05) is 26.0 Å². The fourth-order valence-electron chi connectivity index (χ4n) is 3.48. The van der Waals surface area contributed by atoms with E-state index in [4.69, 9.17) is 27.9 Å². The van der Waals surface area contributed by atoms with Gasteiger partial charge in [-0.25, -0.2) is 4.79 Å². The number of nitrogens with one attached hydrogen (secondary N) is 1. The number of ether oxygens (including phenoxy) is 1. The highest BCUT2D eigenvalue weighted by atomic mass is 35.5. The zero-order valence-electron chi connectivity index (χ0n) is 15.1. The van der Waals surface area contributed by atoms with Crippen LogP contribution in [-0.2, 0) is 16.0 Å². The molecule has 1 atom stereocenters. The lowest BCUT2D eigenvalue weighted by Gasteiger charge is -2.25. The minimum absolute atomic E-state index is 0.122. The number of hydrogen-bond donors (Lipinski definition) is 1. The average molecular weight is 407 g/mol. The molecule has 0 saturated carbocycles. The predicted molar refractivity (Wildman–Crippen MR) is 107 cm³/mol. The third kappa shape index (κ3) is 4.26. The van der Waals surface area contributed by atoms with Gasteiger partial charge in [0.2, 0.25) is 5.91 Å². The number of nitrogens with zero attached hydrogens (tertiary/aromatic N) is 1. The van der Waals surface area contributed by atoms with Gasteiger partial charge in [-0.05, 0) is 43.1 Å². The van der Waals surface area contributed by atoms with E-state index in [9.17, 15) is 9.59 Å². The summed E-state index contributed by atoms with van der Waals surface area (Å²) in [7, 11) is 3.17. The predicted octanol–water partition coefficient (Wildman–Crippen LogP) is 4.34. The van der Waals surface area contributed by atoms with Crippen LogP contribution < -0.4 is 5.32 Å². The molecule has 27 heavy (non-hydrogen) atoms. The van der Waals surface area contributed by atoms with E-state index in [1.54, 1.807) is 0 Å². The number of halogens is 2. The lowest BCUT2D eigenvalue weighted by atomic mass is 10.1. The van der Waals surface area contributed by atoms with E-state index in [0.29, 0.717) is 0 Å². The van der Waals surface area contributed by atoms with Crippen LogP contribution in [0, 0.1) is 0 Å². The summed E-state index contributed by atoms with van der Waals surface area (Å²) in [5.41, 5.74) is 2.91. The first-order valence-electron chi connectivity index (χ1n) is 8.56. The molecule has 1 amide bonds. The maximum absolute atomic E-state index is 12.6. The fraction of sp³-hybridized carbons (Fsp3) is 0.300. The quantitative estimate of drug-likeness (QED) is 0.750. The largest absolute Gasteiger partial charge is 0.465 e. The molecule has 0 radical (unpaired) electrons. The van der Waals surface area contributed by atoms with Crippen LogP contribution in [0.15, 0.2) is 36.4 Å². The van der Waals surface area contributed by atoms with Crippen molar-refractivity contribution in [3.63, 3.8) is 0 Å². The molecule has 2 aromatic rings. The normalized spacial score (nSPS) is 15.5. The van der Waals surface area contributed by atoms with Crippen molar-refractivity contribution in [2.45, 2.75) is 18.9 Å². The van der Waals surface area contributed by atoms with E-state index in [0.717, 1.165) is 12.8 Å². The summed E-state index contributed by atoms with van der Waals surface area (Å²) in [5, 5.41) is 3.20. The summed E-state index contributed by atoms with van der Waals surface area (Å²) in [6.07, 6.45) is 1.97. The van der Waals surface area contributed by atoms with Gasteiger partial charge < -0.3 is 10.1 Å². The average Bonchev–Trinajstić information content (AvgIpc) is 3.07. The van der Waals surface area contributed by atoms with E-state index in [1.807, 2.05) is 24.1 Å². The number of carbonyl (C=O) groups is 2. The third-order valence-electron chi connectivity index (χ3n) is 4.75. The Labute approximate surface area is 168 Å². The second-order valence-corrected chi connectivity index (χ2v) is 7.36.